The Morgan fingerprint density at radius 1 is 1.25 bits per heavy atom. The van der Waals surface area contributed by atoms with Gasteiger partial charge in [0.05, 0.1) is 17.7 Å². The van der Waals surface area contributed by atoms with Gasteiger partial charge in [-0.1, -0.05) is 0 Å². The van der Waals surface area contributed by atoms with E-state index in [2.05, 4.69) is 0 Å². The monoisotopic (exact) mass is 252 g/mol. The highest BCUT2D eigenvalue weighted by atomic mass is 35.5. The molecule has 2 aromatic rings. The van der Waals surface area contributed by atoms with Gasteiger partial charge in [0.25, 0.3) is 0 Å². The molecule has 6 heteroatoms. The summed E-state index contributed by atoms with van der Waals surface area (Å²) in [6.45, 7) is 0. The highest BCUT2D eigenvalue weighted by molar-refractivity contribution is 6.18. The fraction of sp³-hybridized carbons (Fsp3) is 0.200. The fourth-order valence-electron chi connectivity index (χ4n) is 1.42. The van der Waals surface area contributed by atoms with Crippen molar-refractivity contribution in [3.63, 3.8) is 0 Å². The number of halogens is 5. The second-order valence-corrected chi connectivity index (χ2v) is 3.49. The predicted octanol–water partition coefficient (Wildman–Crippen LogP) is 4.33. The van der Waals surface area contributed by atoms with E-state index in [0.29, 0.717) is 11.6 Å². The molecule has 1 heterocycles. The molecule has 0 saturated heterocycles. The molecule has 0 radical (unpaired) electrons. The Bertz CT molecular complexity index is 529. The molecule has 0 aliphatic heterocycles. The van der Waals surface area contributed by atoms with Crippen molar-refractivity contribution in [1.29, 1.82) is 0 Å². The lowest BCUT2D eigenvalue weighted by atomic mass is 10.1. The van der Waals surface area contributed by atoms with Gasteiger partial charge < -0.3 is 4.42 Å². The van der Waals surface area contributed by atoms with Crippen LogP contribution >= 0.6 is 11.6 Å². The first-order chi connectivity index (χ1) is 7.43. The average molecular weight is 253 g/mol. The molecule has 86 valence electrons. The van der Waals surface area contributed by atoms with Gasteiger partial charge in [-0.15, -0.1) is 11.6 Å². The van der Waals surface area contributed by atoms with E-state index >= 15 is 0 Å². The minimum atomic E-state index is -4.73. The van der Waals surface area contributed by atoms with Gasteiger partial charge in [-0.25, -0.2) is 4.39 Å². The third kappa shape index (κ3) is 1.75. The van der Waals surface area contributed by atoms with Crippen LogP contribution in [0.4, 0.5) is 17.6 Å². The van der Waals surface area contributed by atoms with Gasteiger partial charge in [0.2, 0.25) is 0 Å². The average Bonchev–Trinajstić information content (AvgIpc) is 2.57. The lowest BCUT2D eigenvalue weighted by Crippen LogP contribution is -2.07. The van der Waals surface area contributed by atoms with Crippen LogP contribution in [0.5, 0.6) is 0 Å². The van der Waals surface area contributed by atoms with Crippen molar-refractivity contribution >= 4 is 22.6 Å². The van der Waals surface area contributed by atoms with Crippen LogP contribution < -0.4 is 0 Å². The summed E-state index contributed by atoms with van der Waals surface area (Å²) in [5, 5.41) is 0.264. The Labute approximate surface area is 92.6 Å². The van der Waals surface area contributed by atoms with Crippen LogP contribution in [0.2, 0.25) is 0 Å². The molecule has 0 fully saturated rings. The second-order valence-electron chi connectivity index (χ2n) is 3.22. The summed E-state index contributed by atoms with van der Waals surface area (Å²) in [5.74, 6) is -1.27. The van der Waals surface area contributed by atoms with Gasteiger partial charge in [-0.3, -0.25) is 0 Å². The summed E-state index contributed by atoms with van der Waals surface area (Å²) in [7, 11) is 0. The van der Waals surface area contributed by atoms with E-state index in [0.717, 1.165) is 6.07 Å². The Hall–Kier alpha value is -1.23. The second kappa shape index (κ2) is 3.66. The standard InChI is InChI=1S/C10H5ClF4O/c11-3-5-4-16-9-2-7(10(13,14)15)8(12)1-6(5)9/h1-2,4H,3H2. The zero-order chi connectivity index (χ0) is 11.9. The summed E-state index contributed by atoms with van der Waals surface area (Å²) in [6.07, 6.45) is -3.51. The molecule has 1 aromatic heterocycles. The van der Waals surface area contributed by atoms with Gasteiger partial charge in [0.15, 0.2) is 0 Å². The van der Waals surface area contributed by atoms with Gasteiger partial charge in [-0.05, 0) is 12.1 Å². The van der Waals surface area contributed by atoms with E-state index in [1.165, 1.54) is 6.26 Å². The molecule has 0 amide bonds. The molecule has 0 bridgehead atoms. The van der Waals surface area contributed by atoms with Crippen LogP contribution in [-0.4, -0.2) is 0 Å². The minimum absolute atomic E-state index is 0.0237. The van der Waals surface area contributed by atoms with Crippen LogP contribution in [0.15, 0.2) is 22.8 Å². The molecule has 0 atom stereocenters. The number of furan rings is 1. The van der Waals surface area contributed by atoms with E-state index in [9.17, 15) is 17.6 Å². The topological polar surface area (TPSA) is 13.1 Å². The zero-order valence-electron chi connectivity index (χ0n) is 7.74. The highest BCUT2D eigenvalue weighted by Gasteiger charge is 2.34. The maximum absolute atomic E-state index is 13.2. The highest BCUT2D eigenvalue weighted by Crippen LogP contribution is 2.35. The van der Waals surface area contributed by atoms with E-state index in [1.54, 1.807) is 0 Å². The molecular formula is C10H5ClF4O. The summed E-state index contributed by atoms with van der Waals surface area (Å²) in [4.78, 5) is 0. The maximum atomic E-state index is 13.2. The Kier molecular flexibility index (Phi) is 2.58. The largest absolute Gasteiger partial charge is 0.464 e. The van der Waals surface area contributed by atoms with Crippen molar-refractivity contribution in [3.05, 3.63) is 35.3 Å². The van der Waals surface area contributed by atoms with Crippen LogP contribution in [0, 0.1) is 5.82 Å². The first-order valence-corrected chi connectivity index (χ1v) is 4.79. The van der Waals surface area contributed by atoms with Crippen LogP contribution in [-0.2, 0) is 12.1 Å². The lowest BCUT2D eigenvalue weighted by molar-refractivity contribution is -0.139. The zero-order valence-corrected chi connectivity index (χ0v) is 8.49. The molecule has 16 heavy (non-hydrogen) atoms. The Morgan fingerprint density at radius 2 is 1.94 bits per heavy atom. The van der Waals surface area contributed by atoms with E-state index in [1.807, 2.05) is 0 Å². The minimum Gasteiger partial charge on any atom is -0.464 e. The summed E-state index contributed by atoms with van der Waals surface area (Å²) < 4.78 is 55.2. The molecular weight excluding hydrogens is 248 g/mol. The molecule has 1 aromatic carbocycles. The molecule has 0 aliphatic rings. The number of hydrogen-bond acceptors (Lipinski definition) is 1. The summed E-state index contributed by atoms with van der Waals surface area (Å²) in [5.41, 5.74) is -0.899. The van der Waals surface area contributed by atoms with Crippen molar-refractivity contribution in [2.45, 2.75) is 12.1 Å². The third-order valence-corrected chi connectivity index (χ3v) is 2.48. The Balaban J connectivity index is 2.69. The normalized spacial score (nSPS) is 12.3. The fourth-order valence-corrected chi connectivity index (χ4v) is 1.63. The first kappa shape index (κ1) is 11.3. The van der Waals surface area contributed by atoms with E-state index < -0.39 is 17.6 Å². The predicted molar refractivity (Wildman–Crippen MR) is 50.7 cm³/mol. The molecule has 0 spiro atoms. The number of alkyl halides is 4. The van der Waals surface area contributed by atoms with Gasteiger partial charge in [0, 0.05) is 10.9 Å². The van der Waals surface area contributed by atoms with Crippen molar-refractivity contribution in [2.75, 3.05) is 0 Å². The lowest BCUT2D eigenvalue weighted by Gasteiger charge is -2.07. The van der Waals surface area contributed by atoms with Gasteiger partial charge in [-0.2, -0.15) is 13.2 Å². The van der Waals surface area contributed by atoms with Crippen LogP contribution in [0.25, 0.3) is 11.0 Å². The van der Waals surface area contributed by atoms with Gasteiger partial charge >= 0.3 is 6.18 Å². The molecule has 0 N–H and O–H groups in total. The van der Waals surface area contributed by atoms with E-state index in [-0.39, 0.29) is 16.8 Å². The Morgan fingerprint density at radius 3 is 2.50 bits per heavy atom. The third-order valence-electron chi connectivity index (χ3n) is 2.19. The summed E-state index contributed by atoms with van der Waals surface area (Å²) in [6, 6.07) is 1.43. The number of hydrogen-bond donors (Lipinski definition) is 0. The smallest absolute Gasteiger partial charge is 0.419 e. The van der Waals surface area contributed by atoms with Gasteiger partial charge in [0.1, 0.15) is 11.4 Å². The molecule has 1 nitrogen and oxygen atoms in total. The molecule has 0 aliphatic carbocycles. The quantitative estimate of drug-likeness (QED) is 0.544. The number of benzene rings is 1. The van der Waals surface area contributed by atoms with Crippen molar-refractivity contribution < 1.29 is 22.0 Å². The first-order valence-electron chi connectivity index (χ1n) is 4.26. The van der Waals surface area contributed by atoms with Crippen molar-refractivity contribution in [3.8, 4) is 0 Å². The summed E-state index contributed by atoms with van der Waals surface area (Å²) >= 11 is 5.52. The van der Waals surface area contributed by atoms with Crippen molar-refractivity contribution in [1.82, 2.24) is 0 Å². The van der Waals surface area contributed by atoms with E-state index in [4.69, 9.17) is 16.0 Å². The molecule has 0 saturated carbocycles. The number of fused-ring (bicyclic) bond motifs is 1. The SMILES string of the molecule is Fc1cc2c(CCl)coc2cc1C(F)(F)F. The van der Waals surface area contributed by atoms with Crippen molar-refractivity contribution in [2.24, 2.45) is 0 Å². The molecule has 0 unspecified atom stereocenters. The number of rotatable bonds is 1. The van der Waals surface area contributed by atoms with Crippen LogP contribution in [0.3, 0.4) is 0 Å². The van der Waals surface area contributed by atoms with Crippen LogP contribution in [0.1, 0.15) is 11.1 Å². The maximum Gasteiger partial charge on any atom is 0.419 e. The molecule has 2 rings (SSSR count).